The van der Waals surface area contributed by atoms with Gasteiger partial charge in [-0.15, -0.1) is 0 Å². The quantitative estimate of drug-likeness (QED) is 0.755. The summed E-state index contributed by atoms with van der Waals surface area (Å²) in [6.45, 7) is 0.541. The average Bonchev–Trinajstić information content (AvgIpc) is 2.73. The molecule has 5 nitrogen and oxygen atoms in total. The van der Waals surface area contributed by atoms with E-state index in [2.05, 4.69) is 10.3 Å². The summed E-state index contributed by atoms with van der Waals surface area (Å²) in [5.74, 6) is 1.23. The molecule has 27 heavy (non-hydrogen) atoms. The molecular weight excluding hydrogens is 340 g/mol. The van der Waals surface area contributed by atoms with Crippen molar-refractivity contribution in [3.05, 3.63) is 72.6 Å². The fraction of sp³-hybridized carbons (Fsp3) is 0.182. The fourth-order valence-corrected chi connectivity index (χ4v) is 3.38. The predicted molar refractivity (Wildman–Crippen MR) is 104 cm³/mol. The molecule has 0 saturated carbocycles. The van der Waals surface area contributed by atoms with Crippen molar-refractivity contribution in [3.63, 3.8) is 0 Å². The van der Waals surface area contributed by atoms with Gasteiger partial charge in [0.05, 0.1) is 19.6 Å². The predicted octanol–water partition coefficient (Wildman–Crippen LogP) is 4.26. The van der Waals surface area contributed by atoms with Crippen molar-refractivity contribution in [2.45, 2.75) is 12.3 Å². The Kier molecular flexibility index (Phi) is 4.75. The van der Waals surface area contributed by atoms with Gasteiger partial charge >= 0.3 is 0 Å². The van der Waals surface area contributed by atoms with E-state index in [1.165, 1.54) is 0 Å². The van der Waals surface area contributed by atoms with Crippen LogP contribution >= 0.6 is 0 Å². The van der Waals surface area contributed by atoms with Crippen molar-refractivity contribution in [3.8, 4) is 22.6 Å². The first-order chi connectivity index (χ1) is 13.3. The molecule has 1 aliphatic heterocycles. The highest BCUT2D eigenvalue weighted by molar-refractivity contribution is 5.97. The van der Waals surface area contributed by atoms with E-state index < -0.39 is 0 Å². The number of hydrogen-bond donors (Lipinski definition) is 1. The van der Waals surface area contributed by atoms with Gasteiger partial charge in [0, 0.05) is 35.3 Å². The summed E-state index contributed by atoms with van der Waals surface area (Å²) in [6.07, 6.45) is 4.15. The number of nitrogens with one attached hydrogen (secondary N) is 1. The molecule has 136 valence electrons. The van der Waals surface area contributed by atoms with Gasteiger partial charge in [0.25, 0.3) is 0 Å². The van der Waals surface area contributed by atoms with Crippen LogP contribution in [0.4, 0.5) is 5.69 Å². The topological polar surface area (TPSA) is 60.5 Å². The lowest BCUT2D eigenvalue weighted by Gasteiger charge is -2.25. The number of amides is 1. The summed E-state index contributed by atoms with van der Waals surface area (Å²) in [5, 5.41) is 3.02. The first-order valence-corrected chi connectivity index (χ1v) is 8.87. The van der Waals surface area contributed by atoms with Crippen LogP contribution in [-0.2, 0) is 4.79 Å². The molecule has 0 bridgehead atoms. The molecular formula is C22H20N2O3. The monoisotopic (exact) mass is 360 g/mol. The third-order valence-corrected chi connectivity index (χ3v) is 4.74. The molecule has 1 N–H and O–H groups in total. The number of benzene rings is 2. The maximum Gasteiger partial charge on any atom is 0.232 e. The van der Waals surface area contributed by atoms with Crippen LogP contribution < -0.4 is 14.8 Å². The summed E-state index contributed by atoms with van der Waals surface area (Å²) in [7, 11) is 1.63. The van der Waals surface area contributed by atoms with Gasteiger partial charge in [-0.05, 0) is 42.3 Å². The molecule has 1 amide bonds. The van der Waals surface area contributed by atoms with Crippen molar-refractivity contribution in [1.82, 2.24) is 4.98 Å². The summed E-state index contributed by atoms with van der Waals surface area (Å²) in [6, 6.07) is 17.2. The van der Waals surface area contributed by atoms with E-state index in [1.807, 2.05) is 54.6 Å². The summed E-state index contributed by atoms with van der Waals surface area (Å²) in [4.78, 5) is 16.9. The summed E-state index contributed by atoms with van der Waals surface area (Å²) >= 11 is 0. The summed E-state index contributed by atoms with van der Waals surface area (Å²) < 4.78 is 11.2. The van der Waals surface area contributed by atoms with E-state index in [4.69, 9.17) is 9.47 Å². The standard InChI is InChI=1S/C22H20N2O3/c1-26-21-14-16(6-7-17(21)15-8-11-23-12-9-15)24-22(25)19-10-13-27-20-5-3-2-4-18(19)20/h2-9,11-12,14,19H,10,13H2,1H3,(H,24,25). The Morgan fingerprint density at radius 3 is 2.78 bits per heavy atom. The van der Waals surface area contributed by atoms with E-state index in [-0.39, 0.29) is 11.8 Å². The van der Waals surface area contributed by atoms with E-state index in [9.17, 15) is 4.79 Å². The molecule has 2 heterocycles. The number of carbonyl (C=O) groups is 1. The van der Waals surface area contributed by atoms with Crippen molar-refractivity contribution >= 4 is 11.6 Å². The molecule has 1 atom stereocenters. The van der Waals surface area contributed by atoms with Crippen molar-refractivity contribution in [2.75, 3.05) is 19.0 Å². The second-order valence-electron chi connectivity index (χ2n) is 6.37. The highest BCUT2D eigenvalue weighted by atomic mass is 16.5. The lowest BCUT2D eigenvalue weighted by atomic mass is 9.92. The Hall–Kier alpha value is -3.34. The van der Waals surface area contributed by atoms with E-state index >= 15 is 0 Å². The average molecular weight is 360 g/mol. The molecule has 0 saturated heterocycles. The number of nitrogens with zero attached hydrogens (tertiary/aromatic N) is 1. The number of methoxy groups -OCH3 is 1. The van der Waals surface area contributed by atoms with Crippen LogP contribution in [-0.4, -0.2) is 24.6 Å². The fourth-order valence-electron chi connectivity index (χ4n) is 3.38. The number of anilines is 1. The highest BCUT2D eigenvalue weighted by Crippen LogP contribution is 2.35. The van der Waals surface area contributed by atoms with E-state index in [0.717, 1.165) is 22.4 Å². The Morgan fingerprint density at radius 1 is 1.15 bits per heavy atom. The van der Waals surface area contributed by atoms with Crippen LogP contribution in [0, 0.1) is 0 Å². The Labute approximate surface area is 158 Å². The van der Waals surface area contributed by atoms with Crippen LogP contribution in [0.1, 0.15) is 17.9 Å². The van der Waals surface area contributed by atoms with Gasteiger partial charge in [-0.1, -0.05) is 18.2 Å². The number of ether oxygens (including phenoxy) is 2. The molecule has 1 aromatic heterocycles. The van der Waals surface area contributed by atoms with Crippen molar-refractivity contribution in [2.24, 2.45) is 0 Å². The second-order valence-corrected chi connectivity index (χ2v) is 6.37. The van der Waals surface area contributed by atoms with E-state index in [1.54, 1.807) is 19.5 Å². The second kappa shape index (κ2) is 7.50. The van der Waals surface area contributed by atoms with Crippen molar-refractivity contribution < 1.29 is 14.3 Å². The van der Waals surface area contributed by atoms with Gasteiger partial charge in [-0.3, -0.25) is 9.78 Å². The molecule has 2 aromatic carbocycles. The number of hydrogen-bond acceptors (Lipinski definition) is 4. The minimum Gasteiger partial charge on any atom is -0.496 e. The van der Waals surface area contributed by atoms with Gasteiger partial charge < -0.3 is 14.8 Å². The van der Waals surface area contributed by atoms with E-state index in [0.29, 0.717) is 24.5 Å². The molecule has 0 radical (unpaired) electrons. The smallest absolute Gasteiger partial charge is 0.232 e. The number of fused-ring (bicyclic) bond motifs is 1. The van der Waals surface area contributed by atoms with Crippen LogP contribution in [0.3, 0.4) is 0 Å². The normalized spacial score (nSPS) is 15.4. The van der Waals surface area contributed by atoms with Gasteiger partial charge in [-0.2, -0.15) is 0 Å². The van der Waals surface area contributed by atoms with Crippen LogP contribution in [0.2, 0.25) is 0 Å². The van der Waals surface area contributed by atoms with Crippen molar-refractivity contribution in [1.29, 1.82) is 0 Å². The minimum atomic E-state index is -0.221. The zero-order chi connectivity index (χ0) is 18.6. The number of rotatable bonds is 4. The third-order valence-electron chi connectivity index (χ3n) is 4.74. The first-order valence-electron chi connectivity index (χ1n) is 8.87. The maximum atomic E-state index is 12.9. The highest BCUT2D eigenvalue weighted by Gasteiger charge is 2.27. The molecule has 3 aromatic rings. The zero-order valence-electron chi connectivity index (χ0n) is 15.0. The molecule has 0 spiro atoms. The van der Waals surface area contributed by atoms with Gasteiger partial charge in [-0.25, -0.2) is 0 Å². The van der Waals surface area contributed by atoms with Crippen LogP contribution in [0.15, 0.2) is 67.0 Å². The lowest BCUT2D eigenvalue weighted by Crippen LogP contribution is -2.26. The zero-order valence-corrected chi connectivity index (χ0v) is 15.0. The van der Waals surface area contributed by atoms with Gasteiger partial charge in [0.2, 0.25) is 5.91 Å². The van der Waals surface area contributed by atoms with Gasteiger partial charge in [0.15, 0.2) is 0 Å². The van der Waals surface area contributed by atoms with Crippen LogP contribution in [0.25, 0.3) is 11.1 Å². The van der Waals surface area contributed by atoms with Crippen LogP contribution in [0.5, 0.6) is 11.5 Å². The number of aromatic nitrogens is 1. The third kappa shape index (κ3) is 3.49. The molecule has 5 heteroatoms. The first kappa shape index (κ1) is 17.1. The molecule has 1 aliphatic rings. The summed E-state index contributed by atoms with van der Waals surface area (Å²) in [5.41, 5.74) is 3.60. The number of carbonyl (C=O) groups excluding carboxylic acids is 1. The molecule has 4 rings (SSSR count). The lowest BCUT2D eigenvalue weighted by molar-refractivity contribution is -0.118. The Morgan fingerprint density at radius 2 is 1.96 bits per heavy atom. The Balaban J connectivity index is 1.58. The number of para-hydroxylation sites is 1. The molecule has 0 fully saturated rings. The minimum absolute atomic E-state index is 0.0375. The maximum absolute atomic E-state index is 12.9. The number of pyridine rings is 1. The molecule has 0 aliphatic carbocycles. The molecule has 1 unspecified atom stereocenters. The SMILES string of the molecule is COc1cc(NC(=O)C2CCOc3ccccc32)ccc1-c1ccncc1. The Bertz CT molecular complexity index is 957. The van der Waals surface area contributed by atoms with Gasteiger partial charge in [0.1, 0.15) is 11.5 Å². The largest absolute Gasteiger partial charge is 0.496 e.